The summed E-state index contributed by atoms with van der Waals surface area (Å²) < 4.78 is 0. The summed E-state index contributed by atoms with van der Waals surface area (Å²) in [6.45, 7) is 6.39. The zero-order chi connectivity index (χ0) is 13.3. The predicted octanol–water partition coefficient (Wildman–Crippen LogP) is 3.91. The van der Waals surface area contributed by atoms with Crippen molar-refractivity contribution in [2.24, 2.45) is 11.8 Å². The van der Waals surface area contributed by atoms with Crippen LogP contribution in [0.4, 0.5) is 0 Å². The molecule has 98 valence electrons. The van der Waals surface area contributed by atoms with Gasteiger partial charge < -0.3 is 5.11 Å². The number of rotatable bonds is 2. The first-order chi connectivity index (χ1) is 8.47. The number of hydrogen-bond acceptors (Lipinski definition) is 1. The van der Waals surface area contributed by atoms with Gasteiger partial charge in [-0.1, -0.05) is 36.2 Å². The van der Waals surface area contributed by atoms with Gasteiger partial charge in [0.05, 0.1) is 5.92 Å². The summed E-state index contributed by atoms with van der Waals surface area (Å²) in [5.74, 6) is -0.0234. The Hall–Kier alpha value is -1.31. The van der Waals surface area contributed by atoms with E-state index in [0.717, 1.165) is 19.3 Å². The first-order valence-corrected chi connectivity index (χ1v) is 6.78. The van der Waals surface area contributed by atoms with E-state index in [9.17, 15) is 9.90 Å². The van der Waals surface area contributed by atoms with Crippen LogP contribution in [0, 0.1) is 25.7 Å². The van der Waals surface area contributed by atoms with Crippen molar-refractivity contribution in [1.29, 1.82) is 0 Å². The van der Waals surface area contributed by atoms with E-state index in [2.05, 4.69) is 39.0 Å². The van der Waals surface area contributed by atoms with Gasteiger partial charge in [0.2, 0.25) is 0 Å². The third kappa shape index (κ3) is 2.74. The Morgan fingerprint density at radius 2 is 1.78 bits per heavy atom. The lowest BCUT2D eigenvalue weighted by Crippen LogP contribution is -2.28. The van der Waals surface area contributed by atoms with Crippen LogP contribution < -0.4 is 0 Å². The van der Waals surface area contributed by atoms with Crippen molar-refractivity contribution in [3.05, 3.63) is 34.9 Å². The molecule has 2 heteroatoms. The van der Waals surface area contributed by atoms with E-state index < -0.39 is 5.97 Å². The molecule has 0 radical (unpaired) electrons. The highest BCUT2D eigenvalue weighted by Gasteiger charge is 2.34. The maximum atomic E-state index is 11.4. The molecule has 1 fully saturated rings. The standard InChI is InChI=1S/C16H22O2/c1-10-4-5-14(16(17)18)15(9-10)13-7-11(2)6-12(3)8-13/h6-8,10,14-15H,4-5,9H2,1-3H3,(H,17,18). The highest BCUT2D eigenvalue weighted by Crippen LogP contribution is 2.41. The quantitative estimate of drug-likeness (QED) is 0.859. The van der Waals surface area contributed by atoms with E-state index in [4.69, 9.17) is 0 Å². The second-order valence-corrected chi connectivity index (χ2v) is 5.89. The summed E-state index contributed by atoms with van der Waals surface area (Å²) in [5.41, 5.74) is 3.67. The van der Waals surface area contributed by atoms with E-state index in [-0.39, 0.29) is 11.8 Å². The topological polar surface area (TPSA) is 37.3 Å². The molecule has 0 spiro atoms. The summed E-state index contributed by atoms with van der Waals surface area (Å²) in [5, 5.41) is 9.39. The van der Waals surface area contributed by atoms with Crippen LogP contribution in [0.3, 0.4) is 0 Å². The van der Waals surface area contributed by atoms with E-state index in [1.807, 2.05) is 0 Å². The van der Waals surface area contributed by atoms with Gasteiger partial charge in [0.15, 0.2) is 0 Å². The minimum Gasteiger partial charge on any atom is -0.481 e. The molecule has 0 saturated heterocycles. The molecule has 0 bridgehead atoms. The zero-order valence-corrected chi connectivity index (χ0v) is 11.4. The molecule has 2 rings (SSSR count). The molecule has 0 aromatic heterocycles. The van der Waals surface area contributed by atoms with Crippen molar-refractivity contribution < 1.29 is 9.90 Å². The number of carbonyl (C=O) groups is 1. The van der Waals surface area contributed by atoms with Crippen molar-refractivity contribution >= 4 is 5.97 Å². The Labute approximate surface area is 109 Å². The van der Waals surface area contributed by atoms with Gasteiger partial charge in [0.1, 0.15) is 0 Å². The number of carboxylic acids is 1. The fraction of sp³-hybridized carbons (Fsp3) is 0.562. The number of hydrogen-bond donors (Lipinski definition) is 1. The largest absolute Gasteiger partial charge is 0.481 e. The van der Waals surface area contributed by atoms with Crippen LogP contribution in [0.15, 0.2) is 18.2 Å². The average molecular weight is 246 g/mol. The summed E-state index contributed by atoms with van der Waals surface area (Å²) in [6.07, 6.45) is 2.85. The highest BCUT2D eigenvalue weighted by atomic mass is 16.4. The second kappa shape index (κ2) is 5.13. The number of aliphatic carboxylic acids is 1. The summed E-state index contributed by atoms with van der Waals surface area (Å²) >= 11 is 0. The lowest BCUT2D eigenvalue weighted by molar-refractivity contribution is -0.143. The van der Waals surface area contributed by atoms with Crippen LogP contribution >= 0.6 is 0 Å². The molecule has 0 heterocycles. The van der Waals surface area contributed by atoms with E-state index in [1.165, 1.54) is 16.7 Å². The molecule has 3 atom stereocenters. The third-order valence-corrected chi connectivity index (χ3v) is 4.10. The van der Waals surface area contributed by atoms with Gasteiger partial charge in [0.25, 0.3) is 0 Å². The molecule has 1 aliphatic carbocycles. The molecule has 1 aliphatic rings. The smallest absolute Gasteiger partial charge is 0.307 e. The lowest BCUT2D eigenvalue weighted by Gasteiger charge is -2.33. The molecule has 0 aliphatic heterocycles. The van der Waals surface area contributed by atoms with Crippen LogP contribution in [0.25, 0.3) is 0 Å². The molecule has 18 heavy (non-hydrogen) atoms. The average Bonchev–Trinajstić information content (AvgIpc) is 2.27. The molecule has 1 aromatic rings. The van der Waals surface area contributed by atoms with Gasteiger partial charge in [-0.2, -0.15) is 0 Å². The Kier molecular flexibility index (Phi) is 3.74. The number of aryl methyl sites for hydroxylation is 2. The van der Waals surface area contributed by atoms with E-state index in [0.29, 0.717) is 5.92 Å². The molecular formula is C16H22O2. The van der Waals surface area contributed by atoms with Crippen LogP contribution in [-0.4, -0.2) is 11.1 Å². The lowest BCUT2D eigenvalue weighted by atomic mass is 9.71. The van der Waals surface area contributed by atoms with Gasteiger partial charge >= 0.3 is 5.97 Å². The minimum atomic E-state index is -0.633. The van der Waals surface area contributed by atoms with Gasteiger partial charge in [-0.05, 0) is 50.5 Å². The molecular weight excluding hydrogens is 224 g/mol. The van der Waals surface area contributed by atoms with Crippen molar-refractivity contribution in [3.8, 4) is 0 Å². The normalized spacial score (nSPS) is 28.1. The first kappa shape index (κ1) is 13.1. The minimum absolute atomic E-state index is 0.185. The molecule has 3 unspecified atom stereocenters. The fourth-order valence-electron chi connectivity index (χ4n) is 3.27. The summed E-state index contributed by atoms with van der Waals surface area (Å²) in [4.78, 5) is 11.4. The highest BCUT2D eigenvalue weighted by molar-refractivity contribution is 5.71. The van der Waals surface area contributed by atoms with Crippen molar-refractivity contribution in [2.45, 2.75) is 46.0 Å². The van der Waals surface area contributed by atoms with Crippen LogP contribution in [0.2, 0.25) is 0 Å². The van der Waals surface area contributed by atoms with E-state index >= 15 is 0 Å². The van der Waals surface area contributed by atoms with Gasteiger partial charge in [-0.15, -0.1) is 0 Å². The van der Waals surface area contributed by atoms with Crippen LogP contribution in [0.5, 0.6) is 0 Å². The second-order valence-electron chi connectivity index (χ2n) is 5.89. The Bertz CT molecular complexity index is 430. The summed E-state index contributed by atoms with van der Waals surface area (Å²) in [7, 11) is 0. The molecule has 1 saturated carbocycles. The maximum absolute atomic E-state index is 11.4. The SMILES string of the molecule is Cc1cc(C)cc(C2CC(C)CCC2C(=O)O)c1. The molecule has 1 aromatic carbocycles. The van der Waals surface area contributed by atoms with Gasteiger partial charge in [0, 0.05) is 0 Å². The van der Waals surface area contributed by atoms with Crippen molar-refractivity contribution in [1.82, 2.24) is 0 Å². The fourth-order valence-corrected chi connectivity index (χ4v) is 3.27. The predicted molar refractivity (Wildman–Crippen MR) is 72.8 cm³/mol. The Morgan fingerprint density at radius 3 is 2.33 bits per heavy atom. The van der Waals surface area contributed by atoms with E-state index in [1.54, 1.807) is 0 Å². The molecule has 0 amide bonds. The monoisotopic (exact) mass is 246 g/mol. The van der Waals surface area contributed by atoms with Crippen molar-refractivity contribution in [3.63, 3.8) is 0 Å². The summed E-state index contributed by atoms with van der Waals surface area (Å²) in [6, 6.07) is 6.46. The Morgan fingerprint density at radius 1 is 1.17 bits per heavy atom. The number of benzene rings is 1. The van der Waals surface area contributed by atoms with Gasteiger partial charge in [-0.3, -0.25) is 4.79 Å². The van der Waals surface area contributed by atoms with Crippen LogP contribution in [-0.2, 0) is 4.79 Å². The third-order valence-electron chi connectivity index (χ3n) is 4.10. The Balaban J connectivity index is 2.34. The van der Waals surface area contributed by atoms with Crippen LogP contribution in [0.1, 0.15) is 48.8 Å². The molecule has 1 N–H and O–H groups in total. The maximum Gasteiger partial charge on any atom is 0.307 e. The first-order valence-electron chi connectivity index (χ1n) is 6.78. The zero-order valence-electron chi connectivity index (χ0n) is 11.4. The number of carboxylic acid groups (broad SMARTS) is 1. The van der Waals surface area contributed by atoms with Gasteiger partial charge in [-0.25, -0.2) is 0 Å². The van der Waals surface area contributed by atoms with Crippen molar-refractivity contribution in [2.75, 3.05) is 0 Å². The molecule has 2 nitrogen and oxygen atoms in total.